The molecule has 1 aliphatic heterocycles. The van der Waals surface area contributed by atoms with E-state index in [9.17, 15) is 14.4 Å². The standard InChI is InChI=1S/C31H28ClN3O4/c1-19(2)24-13-8-20(3)16-28(24)39-15-14-34-18-21(25-6-4-5-7-27(25)34)17-26-29(36)33-31(38)35(30(26)37)23-11-9-22(32)10-12-23/h4-13,16-19H,14-15H2,1-3H3,(H,33,36,38)/b26-17-. The molecule has 5 rings (SSSR count). The predicted molar refractivity (Wildman–Crippen MR) is 153 cm³/mol. The summed E-state index contributed by atoms with van der Waals surface area (Å²) in [6.45, 7) is 7.32. The number of barbiturate groups is 1. The third kappa shape index (κ3) is 5.31. The van der Waals surface area contributed by atoms with Crippen LogP contribution in [-0.2, 0) is 16.1 Å². The largest absolute Gasteiger partial charge is 0.491 e. The number of hydrogen-bond acceptors (Lipinski definition) is 4. The average Bonchev–Trinajstić information content (AvgIpc) is 3.25. The van der Waals surface area contributed by atoms with E-state index in [1.165, 1.54) is 6.08 Å². The number of aromatic nitrogens is 1. The topological polar surface area (TPSA) is 80.6 Å². The van der Waals surface area contributed by atoms with Gasteiger partial charge in [-0.15, -0.1) is 0 Å². The van der Waals surface area contributed by atoms with E-state index in [0.717, 1.165) is 32.7 Å². The van der Waals surface area contributed by atoms with Crippen molar-refractivity contribution in [3.05, 3.63) is 100 Å². The Kier molecular flexibility index (Phi) is 7.26. The molecule has 0 bridgehead atoms. The SMILES string of the molecule is Cc1ccc(C(C)C)c(OCCn2cc(/C=C3/C(=O)NC(=O)N(c4ccc(Cl)cc4)C3=O)c3ccccc32)c1. The van der Waals surface area contributed by atoms with Gasteiger partial charge in [0.05, 0.1) is 12.2 Å². The van der Waals surface area contributed by atoms with Gasteiger partial charge in [-0.1, -0.05) is 55.8 Å². The molecule has 1 aliphatic rings. The molecule has 0 aliphatic carbocycles. The van der Waals surface area contributed by atoms with Gasteiger partial charge in [-0.3, -0.25) is 14.9 Å². The number of ether oxygens (including phenoxy) is 1. The van der Waals surface area contributed by atoms with E-state index < -0.39 is 17.8 Å². The molecule has 4 amide bonds. The van der Waals surface area contributed by atoms with Crippen LogP contribution in [0.5, 0.6) is 5.75 Å². The van der Waals surface area contributed by atoms with Crippen LogP contribution < -0.4 is 15.0 Å². The van der Waals surface area contributed by atoms with Crippen molar-refractivity contribution in [2.24, 2.45) is 0 Å². The maximum absolute atomic E-state index is 13.3. The fraction of sp³-hybridized carbons (Fsp3) is 0.194. The highest BCUT2D eigenvalue weighted by Gasteiger charge is 2.37. The van der Waals surface area contributed by atoms with Gasteiger partial charge < -0.3 is 9.30 Å². The first-order chi connectivity index (χ1) is 18.7. The monoisotopic (exact) mass is 541 g/mol. The molecule has 198 valence electrons. The Labute approximate surface area is 231 Å². The van der Waals surface area contributed by atoms with Crippen LogP contribution in [0, 0.1) is 6.92 Å². The number of urea groups is 1. The van der Waals surface area contributed by atoms with E-state index in [4.69, 9.17) is 16.3 Å². The molecule has 0 atom stereocenters. The molecule has 7 nitrogen and oxygen atoms in total. The van der Waals surface area contributed by atoms with Gasteiger partial charge in [0.15, 0.2) is 0 Å². The van der Waals surface area contributed by atoms with Crippen LogP contribution in [0.25, 0.3) is 17.0 Å². The highest BCUT2D eigenvalue weighted by molar-refractivity contribution is 6.39. The van der Waals surface area contributed by atoms with Crippen LogP contribution in [0.3, 0.4) is 0 Å². The van der Waals surface area contributed by atoms with Crippen LogP contribution in [0.4, 0.5) is 10.5 Å². The van der Waals surface area contributed by atoms with Gasteiger partial charge >= 0.3 is 6.03 Å². The molecule has 0 radical (unpaired) electrons. The Morgan fingerprint density at radius 1 is 1.00 bits per heavy atom. The molecule has 0 unspecified atom stereocenters. The first-order valence-electron chi connectivity index (χ1n) is 12.7. The van der Waals surface area contributed by atoms with Crippen LogP contribution >= 0.6 is 11.6 Å². The summed E-state index contributed by atoms with van der Waals surface area (Å²) < 4.78 is 8.24. The number of hydrogen-bond donors (Lipinski definition) is 1. The molecule has 4 aromatic rings. The number of anilines is 1. The van der Waals surface area contributed by atoms with Gasteiger partial charge in [0.25, 0.3) is 11.8 Å². The van der Waals surface area contributed by atoms with Crippen molar-refractivity contribution in [1.82, 2.24) is 9.88 Å². The van der Waals surface area contributed by atoms with Gasteiger partial charge in [0.1, 0.15) is 17.9 Å². The summed E-state index contributed by atoms with van der Waals surface area (Å²) in [6.07, 6.45) is 3.42. The normalized spacial score (nSPS) is 14.9. The van der Waals surface area contributed by atoms with Crippen molar-refractivity contribution in [2.75, 3.05) is 11.5 Å². The number of nitrogens with one attached hydrogen (secondary N) is 1. The third-order valence-electron chi connectivity index (χ3n) is 6.69. The summed E-state index contributed by atoms with van der Waals surface area (Å²) in [4.78, 5) is 39.5. The molecule has 2 heterocycles. The zero-order valence-electron chi connectivity index (χ0n) is 21.9. The zero-order valence-corrected chi connectivity index (χ0v) is 22.7. The number of carbonyl (C=O) groups is 3. The Balaban J connectivity index is 1.44. The van der Waals surface area contributed by atoms with Crippen LogP contribution in [0.1, 0.15) is 36.5 Å². The number of fused-ring (bicyclic) bond motifs is 1. The minimum atomic E-state index is -0.805. The Bertz CT molecular complexity index is 1620. The second-order valence-corrected chi connectivity index (χ2v) is 10.2. The molecule has 8 heteroatoms. The highest BCUT2D eigenvalue weighted by atomic mass is 35.5. The molecule has 39 heavy (non-hydrogen) atoms. The smallest absolute Gasteiger partial charge is 0.335 e. The van der Waals surface area contributed by atoms with Crippen LogP contribution in [-0.4, -0.2) is 29.0 Å². The highest BCUT2D eigenvalue weighted by Crippen LogP contribution is 2.29. The molecule has 0 spiro atoms. The number of halogens is 1. The maximum atomic E-state index is 13.3. The number of benzene rings is 3. The number of aryl methyl sites for hydroxylation is 1. The number of rotatable bonds is 7. The summed E-state index contributed by atoms with van der Waals surface area (Å²) >= 11 is 5.96. The number of carbonyl (C=O) groups excluding carboxylic acids is 3. The quantitative estimate of drug-likeness (QED) is 0.215. The van der Waals surface area contributed by atoms with Gasteiger partial charge in [-0.25, -0.2) is 9.69 Å². The van der Waals surface area contributed by atoms with Gasteiger partial charge in [-0.05, 0) is 66.4 Å². The Morgan fingerprint density at radius 3 is 2.49 bits per heavy atom. The summed E-state index contributed by atoms with van der Waals surface area (Å²) in [5, 5.41) is 3.61. The molecular weight excluding hydrogens is 514 g/mol. The fourth-order valence-electron chi connectivity index (χ4n) is 4.71. The first-order valence-corrected chi connectivity index (χ1v) is 13.1. The van der Waals surface area contributed by atoms with Crippen molar-refractivity contribution in [3.8, 4) is 5.75 Å². The minimum absolute atomic E-state index is 0.134. The van der Waals surface area contributed by atoms with Crippen molar-refractivity contribution in [1.29, 1.82) is 0 Å². The molecule has 1 N–H and O–H groups in total. The summed E-state index contributed by atoms with van der Waals surface area (Å²) in [5.41, 5.74) is 4.10. The van der Waals surface area contributed by atoms with Crippen molar-refractivity contribution < 1.29 is 19.1 Å². The summed E-state index contributed by atoms with van der Waals surface area (Å²) in [6, 6.07) is 19.5. The zero-order chi connectivity index (χ0) is 27.7. The predicted octanol–water partition coefficient (Wildman–Crippen LogP) is 6.47. The molecule has 0 saturated carbocycles. The van der Waals surface area contributed by atoms with E-state index in [0.29, 0.717) is 35.3 Å². The van der Waals surface area contributed by atoms with Gasteiger partial charge in [0.2, 0.25) is 0 Å². The Hall–Kier alpha value is -4.36. The lowest BCUT2D eigenvalue weighted by atomic mass is 10.0. The van der Waals surface area contributed by atoms with Gasteiger partial charge in [0, 0.05) is 27.7 Å². The van der Waals surface area contributed by atoms with E-state index in [2.05, 4.69) is 37.4 Å². The molecule has 3 aromatic carbocycles. The Morgan fingerprint density at radius 2 is 1.74 bits per heavy atom. The molecule has 1 fully saturated rings. The molecular formula is C31H28ClN3O4. The van der Waals surface area contributed by atoms with E-state index in [1.807, 2.05) is 42.0 Å². The minimum Gasteiger partial charge on any atom is -0.491 e. The fourth-order valence-corrected chi connectivity index (χ4v) is 4.84. The molecule has 1 saturated heterocycles. The molecule has 1 aromatic heterocycles. The number of para-hydroxylation sites is 1. The lowest BCUT2D eigenvalue weighted by Crippen LogP contribution is -2.54. The van der Waals surface area contributed by atoms with Crippen molar-refractivity contribution >= 4 is 52.1 Å². The van der Waals surface area contributed by atoms with Crippen LogP contribution in [0.15, 0.2) is 78.5 Å². The summed E-state index contributed by atoms with van der Waals surface area (Å²) in [5.74, 6) is -0.229. The van der Waals surface area contributed by atoms with Crippen molar-refractivity contribution in [3.63, 3.8) is 0 Å². The van der Waals surface area contributed by atoms with Gasteiger partial charge in [-0.2, -0.15) is 0 Å². The second-order valence-electron chi connectivity index (χ2n) is 9.77. The van der Waals surface area contributed by atoms with Crippen LogP contribution in [0.2, 0.25) is 5.02 Å². The number of nitrogens with zero attached hydrogens (tertiary/aromatic N) is 2. The van der Waals surface area contributed by atoms with E-state index in [-0.39, 0.29) is 5.57 Å². The third-order valence-corrected chi connectivity index (χ3v) is 6.94. The van der Waals surface area contributed by atoms with E-state index >= 15 is 0 Å². The lowest BCUT2D eigenvalue weighted by molar-refractivity contribution is -0.122. The maximum Gasteiger partial charge on any atom is 0.335 e. The average molecular weight is 542 g/mol. The lowest BCUT2D eigenvalue weighted by Gasteiger charge is -2.26. The number of amides is 4. The second kappa shape index (κ2) is 10.8. The van der Waals surface area contributed by atoms with E-state index in [1.54, 1.807) is 24.3 Å². The summed E-state index contributed by atoms with van der Waals surface area (Å²) in [7, 11) is 0. The number of imide groups is 2. The van der Waals surface area contributed by atoms with Crippen molar-refractivity contribution in [2.45, 2.75) is 33.2 Å². The first kappa shape index (κ1) is 26.3.